The van der Waals surface area contributed by atoms with E-state index in [1.807, 2.05) is 27.8 Å². The van der Waals surface area contributed by atoms with E-state index in [9.17, 15) is 4.79 Å². The summed E-state index contributed by atoms with van der Waals surface area (Å²) in [5.41, 5.74) is 11.2. The van der Waals surface area contributed by atoms with Gasteiger partial charge in [0.15, 0.2) is 5.69 Å². The van der Waals surface area contributed by atoms with Crippen molar-refractivity contribution in [3.63, 3.8) is 0 Å². The molecule has 2 aliphatic rings. The van der Waals surface area contributed by atoms with Gasteiger partial charge in [-0.2, -0.15) is 10.4 Å². The van der Waals surface area contributed by atoms with Crippen molar-refractivity contribution in [2.45, 2.75) is 44.1 Å². The van der Waals surface area contributed by atoms with E-state index in [0.717, 1.165) is 36.2 Å². The minimum absolute atomic E-state index is 0.0106. The molecule has 2 fully saturated rings. The van der Waals surface area contributed by atoms with E-state index in [2.05, 4.69) is 30.3 Å². The number of carbonyl (C=O) groups is 1. The number of hydrogen-bond donors (Lipinski definition) is 1. The van der Waals surface area contributed by atoms with Crippen LogP contribution >= 0.6 is 0 Å². The summed E-state index contributed by atoms with van der Waals surface area (Å²) in [4.78, 5) is 15.2. The summed E-state index contributed by atoms with van der Waals surface area (Å²) in [6.45, 7) is 1.27. The minimum Gasteiger partial charge on any atom is -0.336 e. The molecule has 3 aromatic rings. The highest BCUT2D eigenvalue weighted by Crippen LogP contribution is 2.40. The topological polar surface area (TPSA) is 87.9 Å². The van der Waals surface area contributed by atoms with E-state index >= 15 is 0 Å². The summed E-state index contributed by atoms with van der Waals surface area (Å²) >= 11 is 0. The molecule has 1 saturated carbocycles. The zero-order valence-electron chi connectivity index (χ0n) is 18.1. The first-order valence-corrected chi connectivity index (χ1v) is 11.4. The summed E-state index contributed by atoms with van der Waals surface area (Å²) < 4.78 is 1.84. The summed E-state index contributed by atoms with van der Waals surface area (Å²) in [5.74, 6) is 0.606. The van der Waals surface area contributed by atoms with Crippen LogP contribution in [0.3, 0.4) is 0 Å². The van der Waals surface area contributed by atoms with Gasteiger partial charge >= 0.3 is 0 Å². The van der Waals surface area contributed by atoms with E-state index in [0.29, 0.717) is 30.3 Å². The molecule has 1 amide bonds. The van der Waals surface area contributed by atoms with Crippen molar-refractivity contribution < 1.29 is 4.79 Å². The molecule has 2 heterocycles. The lowest BCUT2D eigenvalue weighted by Crippen LogP contribution is -2.39. The SMILES string of the molecule is N#Cc1ccc(-c2cc(C(=O)N3CCCCC(N)C3)nn2-c2ccc(C3CC3)cc2)cc1. The third-order valence-corrected chi connectivity index (χ3v) is 6.42. The Balaban J connectivity index is 1.53. The van der Waals surface area contributed by atoms with Crippen molar-refractivity contribution in [2.75, 3.05) is 13.1 Å². The van der Waals surface area contributed by atoms with Gasteiger partial charge in [0.25, 0.3) is 5.91 Å². The molecule has 1 aliphatic carbocycles. The first-order valence-electron chi connectivity index (χ1n) is 11.4. The average Bonchev–Trinajstić information content (AvgIpc) is 3.62. The van der Waals surface area contributed by atoms with Crippen LogP contribution < -0.4 is 5.73 Å². The normalized spacial score (nSPS) is 18.8. The molecule has 6 nitrogen and oxygen atoms in total. The average molecular weight is 426 g/mol. The first-order chi connectivity index (χ1) is 15.6. The molecule has 2 N–H and O–H groups in total. The summed E-state index contributed by atoms with van der Waals surface area (Å²) in [6.07, 6.45) is 5.47. The number of carbonyl (C=O) groups excluding carboxylic acids is 1. The van der Waals surface area contributed by atoms with Crippen molar-refractivity contribution in [1.82, 2.24) is 14.7 Å². The highest BCUT2D eigenvalue weighted by atomic mass is 16.2. The van der Waals surface area contributed by atoms with Gasteiger partial charge in [-0.05, 0) is 67.5 Å². The van der Waals surface area contributed by atoms with Gasteiger partial charge in [-0.25, -0.2) is 4.68 Å². The van der Waals surface area contributed by atoms with Crippen LogP contribution in [0.25, 0.3) is 16.9 Å². The molecule has 6 heteroatoms. The Bertz CT molecular complexity index is 1150. The van der Waals surface area contributed by atoms with Gasteiger partial charge in [0.2, 0.25) is 0 Å². The number of nitrogens with zero attached hydrogens (tertiary/aromatic N) is 4. The third kappa shape index (κ3) is 4.17. The molecule has 1 aromatic heterocycles. The molecular formula is C26H27N5O. The van der Waals surface area contributed by atoms with Gasteiger partial charge in [0, 0.05) is 24.7 Å². The highest BCUT2D eigenvalue weighted by molar-refractivity contribution is 5.93. The lowest BCUT2D eigenvalue weighted by atomic mass is 10.1. The molecule has 162 valence electrons. The number of hydrogen-bond acceptors (Lipinski definition) is 4. The summed E-state index contributed by atoms with van der Waals surface area (Å²) in [5, 5.41) is 13.9. The highest BCUT2D eigenvalue weighted by Gasteiger charge is 2.26. The van der Waals surface area contributed by atoms with E-state index in [-0.39, 0.29) is 11.9 Å². The van der Waals surface area contributed by atoms with Crippen LogP contribution in [0.5, 0.6) is 0 Å². The van der Waals surface area contributed by atoms with Crippen molar-refractivity contribution in [3.05, 3.63) is 71.4 Å². The number of likely N-dealkylation sites (tertiary alicyclic amines) is 1. The Hall–Kier alpha value is -3.43. The lowest BCUT2D eigenvalue weighted by molar-refractivity contribution is 0.0748. The minimum atomic E-state index is -0.0782. The lowest BCUT2D eigenvalue weighted by Gasteiger charge is -2.21. The predicted molar refractivity (Wildman–Crippen MR) is 123 cm³/mol. The monoisotopic (exact) mass is 425 g/mol. The quantitative estimate of drug-likeness (QED) is 0.677. The number of aromatic nitrogens is 2. The van der Waals surface area contributed by atoms with Crippen molar-refractivity contribution in [3.8, 4) is 23.0 Å². The third-order valence-electron chi connectivity index (χ3n) is 6.42. The molecule has 1 unspecified atom stereocenters. The van der Waals surface area contributed by atoms with Crippen LogP contribution in [-0.2, 0) is 0 Å². The molecule has 32 heavy (non-hydrogen) atoms. The maximum Gasteiger partial charge on any atom is 0.274 e. The van der Waals surface area contributed by atoms with Gasteiger partial charge < -0.3 is 10.6 Å². The molecular weight excluding hydrogens is 398 g/mol. The zero-order chi connectivity index (χ0) is 22.1. The van der Waals surface area contributed by atoms with Gasteiger partial charge in [-0.15, -0.1) is 0 Å². The summed E-state index contributed by atoms with van der Waals surface area (Å²) in [7, 11) is 0. The van der Waals surface area contributed by atoms with Gasteiger partial charge in [-0.1, -0.05) is 30.7 Å². The summed E-state index contributed by atoms with van der Waals surface area (Å²) in [6, 6.07) is 19.9. The molecule has 0 spiro atoms. The Morgan fingerprint density at radius 1 is 1.03 bits per heavy atom. The fourth-order valence-electron chi connectivity index (χ4n) is 4.43. The van der Waals surface area contributed by atoms with Crippen LogP contribution in [-0.4, -0.2) is 39.7 Å². The van der Waals surface area contributed by atoms with Gasteiger partial charge in [0.1, 0.15) is 0 Å². The van der Waals surface area contributed by atoms with Crippen molar-refractivity contribution >= 4 is 5.91 Å². The molecule has 0 radical (unpaired) electrons. The number of nitriles is 1. The number of amides is 1. The number of benzene rings is 2. The molecule has 2 aromatic carbocycles. The second-order valence-corrected chi connectivity index (χ2v) is 8.89. The molecule has 1 atom stereocenters. The Morgan fingerprint density at radius 2 is 1.78 bits per heavy atom. The molecule has 1 aliphatic heterocycles. The van der Waals surface area contributed by atoms with Crippen molar-refractivity contribution in [1.29, 1.82) is 5.26 Å². The second-order valence-electron chi connectivity index (χ2n) is 8.89. The fraction of sp³-hybridized carbons (Fsp3) is 0.346. The second kappa shape index (κ2) is 8.60. The molecule has 0 bridgehead atoms. The van der Waals surface area contributed by atoms with E-state index in [1.54, 1.807) is 12.1 Å². The smallest absolute Gasteiger partial charge is 0.274 e. The largest absolute Gasteiger partial charge is 0.336 e. The van der Waals surface area contributed by atoms with Crippen LogP contribution in [0, 0.1) is 11.3 Å². The van der Waals surface area contributed by atoms with Gasteiger partial charge in [-0.3, -0.25) is 4.79 Å². The van der Waals surface area contributed by atoms with Crippen LogP contribution in [0.15, 0.2) is 54.6 Å². The fourth-order valence-corrected chi connectivity index (χ4v) is 4.43. The van der Waals surface area contributed by atoms with E-state index in [1.165, 1.54) is 18.4 Å². The number of rotatable bonds is 4. The van der Waals surface area contributed by atoms with Crippen LogP contribution in [0.1, 0.15) is 59.6 Å². The number of nitrogens with two attached hydrogens (primary N) is 1. The van der Waals surface area contributed by atoms with Gasteiger partial charge in [0.05, 0.1) is 23.0 Å². The standard InChI is InChI=1S/C26H27N5O/c27-16-18-4-6-21(7-5-18)25-15-24(26(32)30-14-2-1-3-22(28)17-30)29-31(25)23-12-10-20(11-13-23)19-8-9-19/h4-7,10-13,15,19,22H,1-3,8-9,14,17,28H2. The maximum absolute atomic E-state index is 13.3. The Kier molecular flexibility index (Phi) is 5.50. The zero-order valence-corrected chi connectivity index (χ0v) is 18.1. The predicted octanol–water partition coefficient (Wildman–Crippen LogP) is 4.24. The molecule has 5 rings (SSSR count). The van der Waals surface area contributed by atoms with Crippen LogP contribution in [0.2, 0.25) is 0 Å². The van der Waals surface area contributed by atoms with Crippen molar-refractivity contribution in [2.24, 2.45) is 5.73 Å². The molecule has 1 saturated heterocycles. The Morgan fingerprint density at radius 3 is 2.47 bits per heavy atom. The maximum atomic E-state index is 13.3. The van der Waals surface area contributed by atoms with Crippen LogP contribution in [0.4, 0.5) is 0 Å². The van der Waals surface area contributed by atoms with E-state index < -0.39 is 0 Å². The van der Waals surface area contributed by atoms with E-state index in [4.69, 9.17) is 16.1 Å². The first kappa shape index (κ1) is 20.5. The Labute approximate surface area is 188 Å².